The first kappa shape index (κ1) is 22.4. The van der Waals surface area contributed by atoms with Crippen molar-refractivity contribution in [3.63, 3.8) is 0 Å². The summed E-state index contributed by atoms with van der Waals surface area (Å²) in [5, 5.41) is 2.63. The van der Waals surface area contributed by atoms with E-state index in [0.717, 1.165) is 30.7 Å². The van der Waals surface area contributed by atoms with E-state index in [1.165, 1.54) is 10.4 Å². The summed E-state index contributed by atoms with van der Waals surface area (Å²) in [5.74, 6) is -1.48. The number of morpholine rings is 1. The predicted octanol–water partition coefficient (Wildman–Crippen LogP) is 2.20. The van der Waals surface area contributed by atoms with Gasteiger partial charge in [0.15, 0.2) is 0 Å². The second-order valence-corrected chi connectivity index (χ2v) is 9.30. The average molecular weight is 436 g/mol. The highest BCUT2D eigenvalue weighted by molar-refractivity contribution is 7.89. The number of ether oxygens (including phenoxy) is 1. The van der Waals surface area contributed by atoms with Gasteiger partial charge in [0, 0.05) is 25.3 Å². The van der Waals surface area contributed by atoms with Crippen molar-refractivity contribution in [1.29, 1.82) is 0 Å². The maximum Gasteiger partial charge on any atom is 0.258 e. The molecule has 1 fully saturated rings. The zero-order valence-electron chi connectivity index (χ0n) is 17.1. The number of carbonyl (C=O) groups is 1. The van der Waals surface area contributed by atoms with Crippen LogP contribution in [0.15, 0.2) is 47.4 Å². The number of benzene rings is 2. The number of hydrogen-bond donors (Lipinski definition) is 1. The molecular formula is C21H26FN3O4S. The van der Waals surface area contributed by atoms with E-state index in [2.05, 4.69) is 10.2 Å². The Bertz CT molecular complexity index is 988. The smallest absolute Gasteiger partial charge is 0.258 e. The zero-order chi connectivity index (χ0) is 21.7. The van der Waals surface area contributed by atoms with Crippen LogP contribution in [0.4, 0.5) is 10.1 Å². The molecule has 1 amide bonds. The minimum absolute atomic E-state index is 0.116. The van der Waals surface area contributed by atoms with E-state index in [4.69, 9.17) is 4.74 Å². The van der Waals surface area contributed by atoms with Gasteiger partial charge in [-0.05, 0) is 56.4 Å². The zero-order valence-corrected chi connectivity index (χ0v) is 17.9. The second kappa shape index (κ2) is 9.65. The Morgan fingerprint density at radius 2 is 1.80 bits per heavy atom. The third-order valence-electron chi connectivity index (χ3n) is 4.85. The monoisotopic (exact) mass is 435 g/mol. The Kier molecular flexibility index (Phi) is 7.19. The number of amides is 1. The summed E-state index contributed by atoms with van der Waals surface area (Å²) in [7, 11) is 0.169. The van der Waals surface area contributed by atoms with E-state index in [1.54, 1.807) is 12.1 Å². The highest BCUT2D eigenvalue weighted by atomic mass is 32.2. The molecule has 0 bridgehead atoms. The standard InChI is InChI=1S/C21H26FN3O4S/c1-24(2)10-9-16-3-5-17(6-4-16)23-21(26)19-15-18(7-8-20(19)22)30(27,28)25-11-13-29-14-12-25/h3-8,15H,9-14H2,1-2H3,(H,23,26). The van der Waals surface area contributed by atoms with Gasteiger partial charge in [-0.25, -0.2) is 12.8 Å². The normalized spacial score (nSPS) is 15.3. The number of nitrogens with one attached hydrogen (secondary N) is 1. The molecule has 1 heterocycles. The molecule has 0 spiro atoms. The lowest BCUT2D eigenvalue weighted by Crippen LogP contribution is -2.40. The number of halogens is 1. The van der Waals surface area contributed by atoms with Crippen molar-refractivity contribution < 1.29 is 22.3 Å². The van der Waals surface area contributed by atoms with Gasteiger partial charge in [-0.1, -0.05) is 12.1 Å². The van der Waals surface area contributed by atoms with Gasteiger partial charge >= 0.3 is 0 Å². The topological polar surface area (TPSA) is 79.0 Å². The molecule has 9 heteroatoms. The van der Waals surface area contributed by atoms with Gasteiger partial charge in [0.1, 0.15) is 5.82 Å². The predicted molar refractivity (Wildman–Crippen MR) is 113 cm³/mol. The molecule has 0 aliphatic carbocycles. The number of rotatable bonds is 7. The molecule has 0 aromatic heterocycles. The van der Waals surface area contributed by atoms with E-state index in [-0.39, 0.29) is 23.5 Å². The molecular weight excluding hydrogens is 409 g/mol. The van der Waals surface area contributed by atoms with Crippen LogP contribution in [0.2, 0.25) is 0 Å². The molecule has 1 aliphatic rings. The number of nitrogens with zero attached hydrogens (tertiary/aromatic N) is 2. The van der Waals surface area contributed by atoms with Crippen LogP contribution in [0.25, 0.3) is 0 Å². The number of carbonyl (C=O) groups excluding carboxylic acids is 1. The maximum absolute atomic E-state index is 14.3. The van der Waals surface area contributed by atoms with Crippen LogP contribution in [-0.2, 0) is 21.2 Å². The first-order valence-electron chi connectivity index (χ1n) is 9.70. The molecule has 0 unspecified atom stereocenters. The third-order valence-corrected chi connectivity index (χ3v) is 6.74. The lowest BCUT2D eigenvalue weighted by Gasteiger charge is -2.26. The fraction of sp³-hybridized carbons (Fsp3) is 0.381. The summed E-state index contributed by atoms with van der Waals surface area (Å²) >= 11 is 0. The summed E-state index contributed by atoms with van der Waals surface area (Å²) in [6.45, 7) is 1.96. The Labute approximate surface area is 176 Å². The molecule has 0 radical (unpaired) electrons. The van der Waals surface area contributed by atoms with Crippen molar-refractivity contribution in [2.75, 3.05) is 52.3 Å². The fourth-order valence-corrected chi connectivity index (χ4v) is 4.52. The third kappa shape index (κ3) is 5.42. The van der Waals surface area contributed by atoms with Crippen molar-refractivity contribution in [3.8, 4) is 0 Å². The largest absolute Gasteiger partial charge is 0.379 e. The first-order valence-corrected chi connectivity index (χ1v) is 11.1. The summed E-state index contributed by atoms with van der Waals surface area (Å²) in [5.41, 5.74) is 1.31. The van der Waals surface area contributed by atoms with Gasteiger partial charge in [0.2, 0.25) is 10.0 Å². The van der Waals surface area contributed by atoms with E-state index < -0.39 is 21.7 Å². The van der Waals surface area contributed by atoms with Crippen molar-refractivity contribution in [2.45, 2.75) is 11.3 Å². The molecule has 1 saturated heterocycles. The van der Waals surface area contributed by atoms with Crippen LogP contribution in [-0.4, -0.2) is 70.5 Å². The summed E-state index contributed by atoms with van der Waals surface area (Å²) in [4.78, 5) is 14.6. The van der Waals surface area contributed by atoms with Crippen molar-refractivity contribution in [1.82, 2.24) is 9.21 Å². The van der Waals surface area contributed by atoms with E-state index in [0.29, 0.717) is 18.9 Å². The molecule has 1 N–H and O–H groups in total. The SMILES string of the molecule is CN(C)CCc1ccc(NC(=O)c2cc(S(=O)(=O)N3CCOCC3)ccc2F)cc1. The van der Waals surface area contributed by atoms with Gasteiger partial charge in [-0.15, -0.1) is 0 Å². The Morgan fingerprint density at radius 3 is 2.43 bits per heavy atom. The van der Waals surface area contributed by atoms with Crippen molar-refractivity contribution in [2.24, 2.45) is 0 Å². The van der Waals surface area contributed by atoms with E-state index in [1.807, 2.05) is 26.2 Å². The molecule has 2 aromatic rings. The molecule has 30 heavy (non-hydrogen) atoms. The van der Waals surface area contributed by atoms with Gasteiger partial charge in [-0.2, -0.15) is 4.31 Å². The fourth-order valence-electron chi connectivity index (χ4n) is 3.08. The molecule has 162 valence electrons. The van der Waals surface area contributed by atoms with Crippen LogP contribution < -0.4 is 5.32 Å². The number of hydrogen-bond acceptors (Lipinski definition) is 5. The van der Waals surface area contributed by atoms with Gasteiger partial charge < -0.3 is 15.0 Å². The van der Waals surface area contributed by atoms with Crippen molar-refractivity contribution >= 4 is 21.6 Å². The van der Waals surface area contributed by atoms with Crippen LogP contribution in [0.3, 0.4) is 0 Å². The van der Waals surface area contributed by atoms with Crippen LogP contribution in [0.5, 0.6) is 0 Å². The summed E-state index contributed by atoms with van der Waals surface area (Å²) in [6, 6.07) is 10.6. The molecule has 2 aromatic carbocycles. The van der Waals surface area contributed by atoms with Gasteiger partial charge in [0.25, 0.3) is 5.91 Å². The maximum atomic E-state index is 14.3. The van der Waals surface area contributed by atoms with Crippen molar-refractivity contribution in [3.05, 3.63) is 59.4 Å². The molecule has 3 rings (SSSR count). The quantitative estimate of drug-likeness (QED) is 0.721. The minimum atomic E-state index is -3.82. The Balaban J connectivity index is 1.75. The first-order chi connectivity index (χ1) is 14.3. The van der Waals surface area contributed by atoms with Crippen LogP contribution >= 0.6 is 0 Å². The molecule has 7 nitrogen and oxygen atoms in total. The van der Waals surface area contributed by atoms with Crippen LogP contribution in [0.1, 0.15) is 15.9 Å². The van der Waals surface area contributed by atoms with E-state index >= 15 is 0 Å². The second-order valence-electron chi connectivity index (χ2n) is 7.36. The summed E-state index contributed by atoms with van der Waals surface area (Å²) in [6.07, 6.45) is 0.872. The van der Waals surface area contributed by atoms with Gasteiger partial charge in [-0.3, -0.25) is 4.79 Å². The Morgan fingerprint density at radius 1 is 1.13 bits per heavy atom. The van der Waals surface area contributed by atoms with E-state index in [9.17, 15) is 17.6 Å². The Hall–Kier alpha value is -2.33. The van der Waals surface area contributed by atoms with Gasteiger partial charge in [0.05, 0.1) is 23.7 Å². The summed E-state index contributed by atoms with van der Waals surface area (Å²) < 4.78 is 46.3. The molecule has 0 atom stereocenters. The molecule has 0 saturated carbocycles. The average Bonchev–Trinajstić information content (AvgIpc) is 2.74. The van der Waals surface area contributed by atoms with Crippen LogP contribution in [0, 0.1) is 5.82 Å². The lowest BCUT2D eigenvalue weighted by atomic mass is 10.1. The highest BCUT2D eigenvalue weighted by Gasteiger charge is 2.28. The number of anilines is 1. The number of sulfonamides is 1. The minimum Gasteiger partial charge on any atom is -0.379 e. The number of likely N-dealkylation sites (N-methyl/N-ethyl adjacent to an activating group) is 1. The lowest BCUT2D eigenvalue weighted by molar-refractivity contribution is 0.0730. The highest BCUT2D eigenvalue weighted by Crippen LogP contribution is 2.21. The molecule has 1 aliphatic heterocycles.